The lowest BCUT2D eigenvalue weighted by Gasteiger charge is -1.98. The molecule has 0 spiro atoms. The van der Waals surface area contributed by atoms with Gasteiger partial charge in [-0.25, -0.2) is 0 Å². The van der Waals surface area contributed by atoms with Crippen LogP contribution < -0.4 is 4.74 Å². The van der Waals surface area contributed by atoms with E-state index in [0.29, 0.717) is 11.5 Å². The molecule has 0 aliphatic rings. The summed E-state index contributed by atoms with van der Waals surface area (Å²) >= 11 is 0. The lowest BCUT2D eigenvalue weighted by atomic mass is 10.3. The average Bonchev–Trinajstić information content (AvgIpc) is 2.71. The van der Waals surface area contributed by atoms with Crippen LogP contribution in [0.4, 0.5) is 0 Å². The Morgan fingerprint density at radius 2 is 2.31 bits per heavy atom. The highest BCUT2D eigenvalue weighted by atomic mass is 16.5. The van der Waals surface area contributed by atoms with Gasteiger partial charge in [0.15, 0.2) is 0 Å². The van der Waals surface area contributed by atoms with Crippen molar-refractivity contribution in [3.63, 3.8) is 0 Å². The molecule has 0 saturated heterocycles. The molecule has 0 unspecified atom stereocenters. The molecule has 0 bridgehead atoms. The summed E-state index contributed by atoms with van der Waals surface area (Å²) in [5, 5.41) is 3.66. The zero-order valence-electron chi connectivity index (χ0n) is 6.97. The van der Waals surface area contributed by atoms with Gasteiger partial charge < -0.3 is 9.26 Å². The lowest BCUT2D eigenvalue weighted by molar-refractivity contribution is 0.413. The maximum atomic E-state index is 5.03. The van der Waals surface area contributed by atoms with Crippen molar-refractivity contribution in [2.45, 2.75) is 0 Å². The number of aromatic nitrogens is 3. The maximum Gasteiger partial charge on any atom is 0.220 e. The minimum atomic E-state index is 0.457. The van der Waals surface area contributed by atoms with Crippen LogP contribution in [0.3, 0.4) is 0 Å². The van der Waals surface area contributed by atoms with Gasteiger partial charge in [0.25, 0.3) is 0 Å². The van der Waals surface area contributed by atoms with Crippen molar-refractivity contribution in [1.82, 2.24) is 15.1 Å². The molecule has 2 aromatic heterocycles. The molecule has 2 rings (SSSR count). The van der Waals surface area contributed by atoms with Crippen molar-refractivity contribution >= 4 is 0 Å². The Morgan fingerprint density at radius 1 is 1.38 bits per heavy atom. The SMILES string of the molecule is COc1ccnc(-c2ncon2)c1. The molecule has 0 fully saturated rings. The fraction of sp³-hybridized carbons (Fsp3) is 0.125. The fourth-order valence-corrected chi connectivity index (χ4v) is 0.944. The first kappa shape index (κ1) is 7.72. The molecule has 0 aliphatic carbocycles. The summed E-state index contributed by atoms with van der Waals surface area (Å²) < 4.78 is 9.63. The van der Waals surface area contributed by atoms with E-state index in [9.17, 15) is 0 Å². The van der Waals surface area contributed by atoms with Gasteiger partial charge in [0.1, 0.15) is 11.4 Å². The topological polar surface area (TPSA) is 61.0 Å². The first-order valence-corrected chi connectivity index (χ1v) is 3.67. The zero-order chi connectivity index (χ0) is 9.10. The van der Waals surface area contributed by atoms with Crippen LogP contribution in [0.25, 0.3) is 11.5 Å². The Kier molecular flexibility index (Phi) is 1.91. The van der Waals surface area contributed by atoms with E-state index < -0.39 is 0 Å². The number of hydrogen-bond acceptors (Lipinski definition) is 5. The highest BCUT2D eigenvalue weighted by molar-refractivity contribution is 5.50. The summed E-state index contributed by atoms with van der Waals surface area (Å²) in [7, 11) is 1.59. The number of ether oxygens (including phenoxy) is 1. The fourth-order valence-electron chi connectivity index (χ4n) is 0.944. The van der Waals surface area contributed by atoms with E-state index in [1.54, 1.807) is 25.4 Å². The quantitative estimate of drug-likeness (QED) is 0.688. The molecule has 13 heavy (non-hydrogen) atoms. The maximum absolute atomic E-state index is 5.03. The van der Waals surface area contributed by atoms with E-state index in [0.717, 1.165) is 5.75 Å². The smallest absolute Gasteiger partial charge is 0.220 e. The van der Waals surface area contributed by atoms with Crippen LogP contribution in [0.2, 0.25) is 0 Å². The summed E-state index contributed by atoms with van der Waals surface area (Å²) in [6.07, 6.45) is 2.89. The summed E-state index contributed by atoms with van der Waals surface area (Å²) in [5.41, 5.74) is 0.633. The van der Waals surface area contributed by atoms with Gasteiger partial charge in [-0.3, -0.25) is 4.98 Å². The Balaban J connectivity index is 2.41. The predicted octanol–water partition coefficient (Wildman–Crippen LogP) is 1.14. The van der Waals surface area contributed by atoms with Crippen LogP contribution in [-0.2, 0) is 0 Å². The molecule has 0 aromatic carbocycles. The molecule has 0 radical (unpaired) electrons. The van der Waals surface area contributed by atoms with Crippen LogP contribution >= 0.6 is 0 Å². The zero-order valence-corrected chi connectivity index (χ0v) is 6.97. The molecule has 0 atom stereocenters. The highest BCUT2D eigenvalue weighted by Crippen LogP contribution is 2.16. The van der Waals surface area contributed by atoms with Gasteiger partial charge in [-0.15, -0.1) is 0 Å². The molecule has 0 N–H and O–H groups in total. The van der Waals surface area contributed by atoms with Crippen LogP contribution in [0.5, 0.6) is 5.75 Å². The molecule has 0 aliphatic heterocycles. The summed E-state index contributed by atoms with van der Waals surface area (Å²) in [6.45, 7) is 0. The monoisotopic (exact) mass is 177 g/mol. The summed E-state index contributed by atoms with van der Waals surface area (Å²) in [6, 6.07) is 3.49. The molecule has 5 heteroatoms. The van der Waals surface area contributed by atoms with Gasteiger partial charge >= 0.3 is 0 Å². The van der Waals surface area contributed by atoms with Gasteiger partial charge in [0.05, 0.1) is 7.11 Å². The van der Waals surface area contributed by atoms with Crippen LogP contribution in [0.1, 0.15) is 0 Å². The lowest BCUT2D eigenvalue weighted by Crippen LogP contribution is -1.88. The molecule has 0 saturated carbocycles. The van der Waals surface area contributed by atoms with Crippen LogP contribution in [0, 0.1) is 0 Å². The van der Waals surface area contributed by atoms with E-state index in [4.69, 9.17) is 4.74 Å². The third-order valence-corrected chi connectivity index (χ3v) is 1.56. The molecular weight excluding hydrogens is 170 g/mol. The average molecular weight is 177 g/mol. The summed E-state index contributed by atoms with van der Waals surface area (Å²) in [5.74, 6) is 1.17. The van der Waals surface area contributed by atoms with E-state index in [1.165, 1.54) is 6.39 Å². The minimum Gasteiger partial charge on any atom is -0.497 e. The van der Waals surface area contributed by atoms with Gasteiger partial charge in [-0.05, 0) is 6.07 Å². The Bertz CT molecular complexity index is 386. The number of nitrogens with zero attached hydrogens (tertiary/aromatic N) is 3. The van der Waals surface area contributed by atoms with E-state index in [-0.39, 0.29) is 0 Å². The first-order valence-electron chi connectivity index (χ1n) is 3.67. The van der Waals surface area contributed by atoms with E-state index in [2.05, 4.69) is 19.6 Å². The number of rotatable bonds is 2. The van der Waals surface area contributed by atoms with Crippen molar-refractivity contribution in [3.8, 4) is 17.3 Å². The number of methoxy groups -OCH3 is 1. The van der Waals surface area contributed by atoms with Crippen LogP contribution in [-0.4, -0.2) is 22.2 Å². The second-order valence-corrected chi connectivity index (χ2v) is 2.34. The molecule has 66 valence electrons. The van der Waals surface area contributed by atoms with Gasteiger partial charge in [-0.1, -0.05) is 5.16 Å². The van der Waals surface area contributed by atoms with Crippen LogP contribution in [0.15, 0.2) is 29.2 Å². The third kappa shape index (κ3) is 1.48. The minimum absolute atomic E-state index is 0.457. The second kappa shape index (κ2) is 3.22. The summed E-state index contributed by atoms with van der Waals surface area (Å²) in [4.78, 5) is 7.93. The Labute approximate surface area is 74.4 Å². The van der Waals surface area contributed by atoms with Crippen molar-refractivity contribution in [3.05, 3.63) is 24.7 Å². The van der Waals surface area contributed by atoms with Crippen molar-refractivity contribution in [2.24, 2.45) is 0 Å². The normalized spacial score (nSPS) is 9.92. The number of hydrogen-bond donors (Lipinski definition) is 0. The standard InChI is InChI=1S/C8H7N3O2/c1-12-6-2-3-9-7(4-6)8-10-5-13-11-8/h2-5H,1H3. The predicted molar refractivity (Wildman–Crippen MR) is 44.1 cm³/mol. The third-order valence-electron chi connectivity index (χ3n) is 1.56. The number of pyridine rings is 1. The van der Waals surface area contributed by atoms with Crippen molar-refractivity contribution < 1.29 is 9.26 Å². The highest BCUT2D eigenvalue weighted by Gasteiger charge is 2.04. The largest absolute Gasteiger partial charge is 0.497 e. The van der Waals surface area contributed by atoms with Crippen molar-refractivity contribution in [1.29, 1.82) is 0 Å². The molecule has 2 heterocycles. The van der Waals surface area contributed by atoms with E-state index in [1.807, 2.05) is 0 Å². The van der Waals surface area contributed by atoms with E-state index >= 15 is 0 Å². The van der Waals surface area contributed by atoms with Gasteiger partial charge in [0.2, 0.25) is 12.2 Å². The second-order valence-electron chi connectivity index (χ2n) is 2.34. The Morgan fingerprint density at radius 3 is 3.00 bits per heavy atom. The van der Waals surface area contributed by atoms with Gasteiger partial charge in [-0.2, -0.15) is 4.98 Å². The molecule has 0 amide bonds. The molecular formula is C8H7N3O2. The van der Waals surface area contributed by atoms with Crippen molar-refractivity contribution in [2.75, 3.05) is 7.11 Å². The Hall–Kier alpha value is -1.91. The molecule has 2 aromatic rings. The van der Waals surface area contributed by atoms with Gasteiger partial charge in [0, 0.05) is 12.3 Å². The molecule has 5 nitrogen and oxygen atoms in total. The first-order chi connectivity index (χ1) is 6.40.